The van der Waals surface area contributed by atoms with Crippen LogP contribution < -0.4 is 5.32 Å². The molecular formula is C12H17N3S2. The molecular weight excluding hydrogens is 250 g/mol. The smallest absolute Gasteiger partial charge is 0.157 e. The summed E-state index contributed by atoms with van der Waals surface area (Å²) in [6.45, 7) is 2.76. The van der Waals surface area contributed by atoms with Crippen LogP contribution in [0.2, 0.25) is 0 Å². The Morgan fingerprint density at radius 3 is 3.00 bits per heavy atom. The molecule has 0 bridgehead atoms. The number of aliphatic imine (C=N–C) groups is 1. The van der Waals surface area contributed by atoms with Crippen molar-refractivity contribution in [2.24, 2.45) is 4.99 Å². The molecule has 0 amide bonds. The fourth-order valence-corrected chi connectivity index (χ4v) is 4.44. The number of nitrogens with one attached hydrogen (secondary N) is 1. The van der Waals surface area contributed by atoms with E-state index in [0.717, 1.165) is 22.4 Å². The van der Waals surface area contributed by atoms with Gasteiger partial charge in [0.25, 0.3) is 0 Å². The molecule has 1 aromatic rings. The predicted octanol–water partition coefficient (Wildman–Crippen LogP) is 2.96. The molecule has 1 N–H and O–H groups in total. The summed E-state index contributed by atoms with van der Waals surface area (Å²) in [6, 6.07) is 0. The SMILES string of the molecule is Cc1csc(CN=C2NC3(CCCC3)CS2)n1. The lowest BCUT2D eigenvalue weighted by atomic mass is 10.0. The standard InChI is InChI=1S/C12H17N3S2/c1-9-7-16-10(14-9)6-13-11-15-12(8-17-11)4-2-3-5-12/h7H,2-6,8H2,1H3,(H,13,15). The van der Waals surface area contributed by atoms with Gasteiger partial charge in [-0.3, -0.25) is 4.99 Å². The Balaban J connectivity index is 1.62. The van der Waals surface area contributed by atoms with Gasteiger partial charge >= 0.3 is 0 Å². The zero-order valence-electron chi connectivity index (χ0n) is 10.0. The molecule has 0 radical (unpaired) electrons. The van der Waals surface area contributed by atoms with E-state index < -0.39 is 0 Å². The van der Waals surface area contributed by atoms with Crippen molar-refractivity contribution in [2.45, 2.75) is 44.7 Å². The van der Waals surface area contributed by atoms with Gasteiger partial charge in [-0.05, 0) is 19.8 Å². The summed E-state index contributed by atoms with van der Waals surface area (Å²) in [5, 5.41) is 7.96. The number of hydrogen-bond donors (Lipinski definition) is 1. The molecule has 2 fully saturated rings. The van der Waals surface area contributed by atoms with E-state index in [9.17, 15) is 0 Å². The van der Waals surface area contributed by atoms with Gasteiger partial charge < -0.3 is 5.32 Å². The van der Waals surface area contributed by atoms with Crippen molar-refractivity contribution in [2.75, 3.05) is 5.75 Å². The quantitative estimate of drug-likeness (QED) is 0.895. The minimum absolute atomic E-state index is 0.377. The lowest BCUT2D eigenvalue weighted by molar-refractivity contribution is 0.452. The molecule has 1 spiro atoms. The van der Waals surface area contributed by atoms with Gasteiger partial charge in [-0.25, -0.2) is 4.98 Å². The maximum absolute atomic E-state index is 4.64. The summed E-state index contributed by atoms with van der Waals surface area (Å²) in [6.07, 6.45) is 5.36. The molecule has 1 saturated heterocycles. The Kier molecular flexibility index (Phi) is 3.13. The number of rotatable bonds is 2. The number of hydrogen-bond acceptors (Lipinski definition) is 4. The molecule has 1 aliphatic carbocycles. The predicted molar refractivity (Wildman–Crippen MR) is 74.8 cm³/mol. The average molecular weight is 267 g/mol. The number of thioether (sulfide) groups is 1. The fourth-order valence-electron chi connectivity index (χ4n) is 2.53. The van der Waals surface area contributed by atoms with E-state index in [2.05, 4.69) is 20.7 Å². The highest BCUT2D eigenvalue weighted by molar-refractivity contribution is 8.14. The van der Waals surface area contributed by atoms with Gasteiger partial charge in [0.1, 0.15) is 5.01 Å². The van der Waals surface area contributed by atoms with Crippen LogP contribution in [0.1, 0.15) is 36.4 Å². The van der Waals surface area contributed by atoms with Crippen molar-refractivity contribution in [3.05, 3.63) is 16.1 Å². The van der Waals surface area contributed by atoms with Gasteiger partial charge in [0, 0.05) is 22.4 Å². The number of amidine groups is 1. The first-order chi connectivity index (χ1) is 8.26. The van der Waals surface area contributed by atoms with Gasteiger partial charge in [0.15, 0.2) is 5.17 Å². The Morgan fingerprint density at radius 1 is 1.47 bits per heavy atom. The molecule has 0 aromatic carbocycles. The Morgan fingerprint density at radius 2 is 2.29 bits per heavy atom. The van der Waals surface area contributed by atoms with Crippen LogP contribution in [-0.2, 0) is 6.54 Å². The fraction of sp³-hybridized carbons (Fsp3) is 0.667. The minimum atomic E-state index is 0.377. The van der Waals surface area contributed by atoms with Crippen molar-refractivity contribution in [1.82, 2.24) is 10.3 Å². The van der Waals surface area contributed by atoms with Crippen LogP contribution in [0, 0.1) is 6.92 Å². The van der Waals surface area contributed by atoms with E-state index in [1.165, 1.54) is 31.4 Å². The summed E-state index contributed by atoms with van der Waals surface area (Å²) in [5.41, 5.74) is 1.48. The normalized spacial score (nSPS) is 24.6. The second-order valence-electron chi connectivity index (χ2n) is 4.91. The molecule has 1 saturated carbocycles. The van der Waals surface area contributed by atoms with Crippen LogP contribution >= 0.6 is 23.1 Å². The summed E-state index contributed by atoms with van der Waals surface area (Å²) >= 11 is 3.58. The van der Waals surface area contributed by atoms with Gasteiger partial charge in [-0.15, -0.1) is 11.3 Å². The van der Waals surface area contributed by atoms with E-state index >= 15 is 0 Å². The van der Waals surface area contributed by atoms with E-state index in [0.29, 0.717) is 5.54 Å². The third-order valence-electron chi connectivity index (χ3n) is 3.44. The topological polar surface area (TPSA) is 37.3 Å². The van der Waals surface area contributed by atoms with E-state index in [1.54, 1.807) is 11.3 Å². The molecule has 0 atom stereocenters. The first-order valence-electron chi connectivity index (χ1n) is 6.12. The van der Waals surface area contributed by atoms with Gasteiger partial charge in [-0.2, -0.15) is 0 Å². The third-order valence-corrected chi connectivity index (χ3v) is 5.60. The van der Waals surface area contributed by atoms with Crippen LogP contribution in [-0.4, -0.2) is 21.4 Å². The van der Waals surface area contributed by atoms with Crippen molar-refractivity contribution >= 4 is 28.3 Å². The highest BCUT2D eigenvalue weighted by Gasteiger charge is 2.39. The molecule has 2 aliphatic rings. The van der Waals surface area contributed by atoms with Gasteiger partial charge in [0.2, 0.25) is 0 Å². The molecule has 17 heavy (non-hydrogen) atoms. The summed E-state index contributed by atoms with van der Waals surface area (Å²) < 4.78 is 0. The second-order valence-corrected chi connectivity index (χ2v) is 6.81. The number of thiazole rings is 1. The monoisotopic (exact) mass is 267 g/mol. The summed E-state index contributed by atoms with van der Waals surface area (Å²) in [7, 11) is 0. The van der Waals surface area contributed by atoms with Crippen LogP contribution in [0.15, 0.2) is 10.4 Å². The molecule has 92 valence electrons. The van der Waals surface area contributed by atoms with Crippen molar-refractivity contribution in [3.63, 3.8) is 0 Å². The molecule has 3 nitrogen and oxygen atoms in total. The van der Waals surface area contributed by atoms with Crippen LogP contribution in [0.25, 0.3) is 0 Å². The summed E-state index contributed by atoms with van der Waals surface area (Å²) in [4.78, 5) is 9.08. The lowest BCUT2D eigenvalue weighted by Crippen LogP contribution is -2.40. The summed E-state index contributed by atoms with van der Waals surface area (Å²) in [5.74, 6) is 1.20. The van der Waals surface area contributed by atoms with Crippen LogP contribution in [0.3, 0.4) is 0 Å². The van der Waals surface area contributed by atoms with Crippen LogP contribution in [0.4, 0.5) is 0 Å². The average Bonchev–Trinajstić information content (AvgIpc) is 3.01. The van der Waals surface area contributed by atoms with Gasteiger partial charge in [0.05, 0.1) is 6.54 Å². The highest BCUT2D eigenvalue weighted by Crippen LogP contribution is 2.37. The van der Waals surface area contributed by atoms with Crippen LogP contribution in [0.5, 0.6) is 0 Å². The molecule has 3 rings (SSSR count). The third kappa shape index (κ3) is 2.50. The van der Waals surface area contributed by atoms with Crippen molar-refractivity contribution in [3.8, 4) is 0 Å². The molecule has 1 aliphatic heterocycles. The minimum Gasteiger partial charge on any atom is -0.359 e. The van der Waals surface area contributed by atoms with Crippen molar-refractivity contribution < 1.29 is 0 Å². The Labute approximate surface area is 110 Å². The number of aromatic nitrogens is 1. The molecule has 1 aromatic heterocycles. The zero-order chi connectivity index (χ0) is 11.7. The highest BCUT2D eigenvalue weighted by atomic mass is 32.2. The molecule has 2 heterocycles. The zero-order valence-corrected chi connectivity index (χ0v) is 11.7. The van der Waals surface area contributed by atoms with Gasteiger partial charge in [-0.1, -0.05) is 24.6 Å². The largest absolute Gasteiger partial charge is 0.359 e. The molecule has 5 heteroatoms. The number of aryl methyl sites for hydroxylation is 1. The maximum atomic E-state index is 4.64. The number of nitrogens with zero attached hydrogens (tertiary/aromatic N) is 2. The van der Waals surface area contributed by atoms with Crippen molar-refractivity contribution in [1.29, 1.82) is 0 Å². The maximum Gasteiger partial charge on any atom is 0.157 e. The first-order valence-corrected chi connectivity index (χ1v) is 7.99. The van der Waals surface area contributed by atoms with E-state index in [4.69, 9.17) is 0 Å². The second kappa shape index (κ2) is 4.61. The Hall–Kier alpha value is -0.550. The first kappa shape index (κ1) is 11.5. The van der Waals surface area contributed by atoms with E-state index in [1.807, 2.05) is 18.7 Å². The van der Waals surface area contributed by atoms with E-state index in [-0.39, 0.29) is 0 Å². The Bertz CT molecular complexity index is 433. The lowest BCUT2D eigenvalue weighted by Gasteiger charge is -2.21. The molecule has 0 unspecified atom stereocenters.